The Kier molecular flexibility index (Phi) is 4.47. The van der Waals surface area contributed by atoms with Gasteiger partial charge in [-0.1, -0.05) is 12.1 Å². The number of ether oxygens (including phenoxy) is 2. The third-order valence-electron chi connectivity index (χ3n) is 6.17. The molecule has 1 fully saturated rings. The predicted octanol–water partition coefficient (Wildman–Crippen LogP) is 4.10. The first-order valence-electron chi connectivity index (χ1n) is 10.0. The number of aliphatic hydroxyl groups excluding tert-OH is 1. The lowest BCUT2D eigenvalue weighted by Crippen LogP contribution is -2.34. The molecule has 0 amide bonds. The second kappa shape index (κ2) is 7.16. The molecular formula is C24H24N2O3. The Hall–Kier alpha value is -2.92. The van der Waals surface area contributed by atoms with Gasteiger partial charge in [0.25, 0.3) is 0 Å². The van der Waals surface area contributed by atoms with E-state index in [4.69, 9.17) is 14.5 Å². The van der Waals surface area contributed by atoms with E-state index < -0.39 is 0 Å². The van der Waals surface area contributed by atoms with Gasteiger partial charge < -0.3 is 14.6 Å². The van der Waals surface area contributed by atoms with Crippen LogP contribution in [0.15, 0.2) is 53.7 Å². The molecule has 0 saturated heterocycles. The second-order valence-corrected chi connectivity index (χ2v) is 7.82. The van der Waals surface area contributed by atoms with Crippen LogP contribution < -0.4 is 9.47 Å². The van der Waals surface area contributed by atoms with Gasteiger partial charge >= 0.3 is 0 Å². The zero-order valence-corrected chi connectivity index (χ0v) is 16.6. The van der Waals surface area contributed by atoms with Crippen LogP contribution in [0.5, 0.6) is 11.5 Å². The molecule has 0 radical (unpaired) electrons. The first-order valence-corrected chi connectivity index (χ1v) is 10.0. The number of nitrogens with zero attached hydrogens (tertiary/aromatic N) is 2. The molecule has 3 unspecified atom stereocenters. The predicted molar refractivity (Wildman–Crippen MR) is 113 cm³/mol. The molecule has 3 aromatic rings. The van der Waals surface area contributed by atoms with Gasteiger partial charge in [-0.25, -0.2) is 0 Å². The van der Waals surface area contributed by atoms with Crippen LogP contribution in [0, 0.1) is 0 Å². The largest absolute Gasteiger partial charge is 0.493 e. The zero-order chi connectivity index (χ0) is 20.0. The third-order valence-corrected chi connectivity index (χ3v) is 6.17. The van der Waals surface area contributed by atoms with Crippen LogP contribution in [-0.2, 0) is 0 Å². The van der Waals surface area contributed by atoms with Crippen LogP contribution in [0.2, 0.25) is 0 Å². The molecule has 0 bridgehead atoms. The molecule has 1 aliphatic carbocycles. The number of aromatic nitrogens is 1. The summed E-state index contributed by atoms with van der Waals surface area (Å²) < 4.78 is 11.1. The number of rotatable bonds is 3. The Labute approximate surface area is 170 Å². The highest BCUT2D eigenvalue weighted by Gasteiger charge is 2.37. The summed E-state index contributed by atoms with van der Waals surface area (Å²) in [6.07, 6.45) is 3.94. The van der Waals surface area contributed by atoms with Crippen molar-refractivity contribution in [3.63, 3.8) is 0 Å². The number of aliphatic hydroxyl groups is 1. The van der Waals surface area contributed by atoms with E-state index in [1.165, 1.54) is 5.56 Å². The van der Waals surface area contributed by atoms with E-state index in [0.29, 0.717) is 11.5 Å². The molecule has 29 heavy (non-hydrogen) atoms. The third kappa shape index (κ3) is 3.06. The summed E-state index contributed by atoms with van der Waals surface area (Å²) >= 11 is 0. The summed E-state index contributed by atoms with van der Waals surface area (Å²) in [4.78, 5) is 9.61. The molecule has 1 aliphatic heterocycles. The summed E-state index contributed by atoms with van der Waals surface area (Å²) in [5, 5.41) is 11.4. The Morgan fingerprint density at radius 3 is 2.66 bits per heavy atom. The van der Waals surface area contributed by atoms with E-state index in [9.17, 15) is 5.11 Å². The highest BCUT2D eigenvalue weighted by atomic mass is 16.5. The minimum absolute atomic E-state index is 0.170. The fourth-order valence-electron chi connectivity index (χ4n) is 4.72. The number of fused-ring (bicyclic) bond motifs is 4. The van der Waals surface area contributed by atoms with Crippen LogP contribution in [-0.4, -0.2) is 42.2 Å². The second-order valence-electron chi connectivity index (χ2n) is 7.82. The maximum Gasteiger partial charge on any atom is 0.161 e. The molecule has 2 aliphatic rings. The highest BCUT2D eigenvalue weighted by Crippen LogP contribution is 2.45. The minimum atomic E-state index is -0.277. The first kappa shape index (κ1) is 18.1. The van der Waals surface area contributed by atoms with Gasteiger partial charge in [0.15, 0.2) is 11.5 Å². The maximum atomic E-state index is 10.3. The lowest BCUT2D eigenvalue weighted by molar-refractivity contribution is 0.111. The molecule has 2 heterocycles. The van der Waals surface area contributed by atoms with Crippen LogP contribution >= 0.6 is 0 Å². The van der Waals surface area contributed by atoms with Gasteiger partial charge in [-0.2, -0.15) is 0 Å². The number of hydrogen-bond acceptors (Lipinski definition) is 5. The molecule has 148 valence electrons. The van der Waals surface area contributed by atoms with Crippen molar-refractivity contribution in [2.75, 3.05) is 14.2 Å². The normalized spacial score (nSPS) is 23.1. The molecule has 1 saturated carbocycles. The summed E-state index contributed by atoms with van der Waals surface area (Å²) in [5.41, 5.74) is 5.26. The van der Waals surface area contributed by atoms with Gasteiger partial charge in [-0.15, -0.1) is 0 Å². The SMILES string of the molecule is COc1cc2c(cc1OC)C1CC(O)CCC1N=C2c1ccc2ncccc2c1. The number of aliphatic imine (C=N–C) groups is 1. The van der Waals surface area contributed by atoms with Crippen molar-refractivity contribution in [1.29, 1.82) is 0 Å². The first-order chi connectivity index (χ1) is 14.2. The fourth-order valence-corrected chi connectivity index (χ4v) is 4.72. The van der Waals surface area contributed by atoms with Crippen molar-refractivity contribution >= 4 is 16.6 Å². The average Bonchev–Trinajstić information content (AvgIpc) is 2.77. The van der Waals surface area contributed by atoms with Crippen molar-refractivity contribution in [1.82, 2.24) is 4.98 Å². The highest BCUT2D eigenvalue weighted by molar-refractivity contribution is 6.16. The number of pyridine rings is 1. The summed E-state index contributed by atoms with van der Waals surface area (Å²) in [6.45, 7) is 0. The van der Waals surface area contributed by atoms with E-state index in [1.807, 2.05) is 24.4 Å². The smallest absolute Gasteiger partial charge is 0.161 e. The van der Waals surface area contributed by atoms with Crippen molar-refractivity contribution in [2.45, 2.75) is 37.3 Å². The Bertz CT molecular complexity index is 1110. The van der Waals surface area contributed by atoms with E-state index >= 15 is 0 Å². The Morgan fingerprint density at radius 1 is 1.00 bits per heavy atom. The van der Waals surface area contributed by atoms with Crippen LogP contribution in [0.1, 0.15) is 41.9 Å². The number of hydrogen-bond donors (Lipinski definition) is 1. The summed E-state index contributed by atoms with van der Waals surface area (Å²) in [6, 6.07) is 14.6. The van der Waals surface area contributed by atoms with Gasteiger partial charge in [0.1, 0.15) is 0 Å². The molecule has 5 nitrogen and oxygen atoms in total. The monoisotopic (exact) mass is 388 g/mol. The lowest BCUT2D eigenvalue weighted by Gasteiger charge is -2.37. The standard InChI is InChI=1S/C24H24N2O3/c1-28-22-12-17-18-11-16(27)6-8-21(18)26-24(19(17)13-23(22)29-2)15-5-7-20-14(10-15)4-3-9-25-20/h3-5,7,9-10,12-13,16,18,21,27H,6,8,11H2,1-2H3. The quantitative estimate of drug-likeness (QED) is 0.734. The minimum Gasteiger partial charge on any atom is -0.493 e. The number of benzene rings is 2. The molecule has 1 N–H and O–H groups in total. The van der Waals surface area contributed by atoms with Gasteiger partial charge in [-0.05, 0) is 55.2 Å². The molecule has 3 atom stereocenters. The molecular weight excluding hydrogens is 364 g/mol. The summed E-state index contributed by atoms with van der Waals surface area (Å²) in [5.74, 6) is 1.60. The molecule has 0 spiro atoms. The molecule has 1 aromatic heterocycles. The Morgan fingerprint density at radius 2 is 1.83 bits per heavy atom. The van der Waals surface area contributed by atoms with E-state index in [2.05, 4.69) is 29.2 Å². The van der Waals surface area contributed by atoms with Crippen molar-refractivity contribution in [3.05, 3.63) is 65.4 Å². The van der Waals surface area contributed by atoms with E-state index in [0.717, 1.165) is 47.0 Å². The van der Waals surface area contributed by atoms with Crippen molar-refractivity contribution in [2.24, 2.45) is 4.99 Å². The van der Waals surface area contributed by atoms with Gasteiger partial charge in [0.2, 0.25) is 0 Å². The van der Waals surface area contributed by atoms with Crippen molar-refractivity contribution in [3.8, 4) is 11.5 Å². The number of methoxy groups -OCH3 is 2. The van der Waals surface area contributed by atoms with Gasteiger partial charge in [0, 0.05) is 28.6 Å². The Balaban J connectivity index is 1.70. The summed E-state index contributed by atoms with van der Waals surface area (Å²) in [7, 11) is 3.31. The van der Waals surface area contributed by atoms with Crippen molar-refractivity contribution < 1.29 is 14.6 Å². The van der Waals surface area contributed by atoms with E-state index in [-0.39, 0.29) is 18.1 Å². The molecule has 5 rings (SSSR count). The maximum absolute atomic E-state index is 10.3. The van der Waals surface area contributed by atoms with Gasteiger partial charge in [-0.3, -0.25) is 9.98 Å². The fraction of sp³-hybridized carbons (Fsp3) is 0.333. The topological polar surface area (TPSA) is 63.9 Å². The van der Waals surface area contributed by atoms with E-state index in [1.54, 1.807) is 14.2 Å². The van der Waals surface area contributed by atoms with Crippen LogP contribution in [0.4, 0.5) is 0 Å². The molecule has 2 aromatic carbocycles. The zero-order valence-electron chi connectivity index (χ0n) is 16.6. The van der Waals surface area contributed by atoms with Crippen LogP contribution in [0.25, 0.3) is 10.9 Å². The van der Waals surface area contributed by atoms with Crippen LogP contribution in [0.3, 0.4) is 0 Å². The molecule has 5 heteroatoms. The van der Waals surface area contributed by atoms with Gasteiger partial charge in [0.05, 0.1) is 37.6 Å². The lowest BCUT2D eigenvalue weighted by atomic mass is 9.74. The average molecular weight is 388 g/mol.